The van der Waals surface area contributed by atoms with Crippen LogP contribution in [0.1, 0.15) is 30.9 Å². The summed E-state index contributed by atoms with van der Waals surface area (Å²) in [6.45, 7) is 4.20. The number of carbonyl (C=O) groups is 1. The molecule has 0 saturated heterocycles. The Morgan fingerprint density at radius 1 is 1.04 bits per heavy atom. The van der Waals surface area contributed by atoms with Gasteiger partial charge in [0.05, 0.1) is 0 Å². The first-order chi connectivity index (χ1) is 12.9. The molecule has 27 heavy (non-hydrogen) atoms. The highest BCUT2D eigenvalue weighted by Crippen LogP contribution is 2.22. The lowest BCUT2D eigenvalue weighted by molar-refractivity contribution is -0.118. The number of nitrogens with one attached hydrogen (secondary N) is 2. The number of ether oxygens (including phenoxy) is 1. The summed E-state index contributed by atoms with van der Waals surface area (Å²) in [6, 6.07) is 18.9. The standard InChI is InChI=1S/C22H23N3O2/c1-14(2)15-5-8-19(9-6-15)25-21(26)13-27-20-10-7-16-11-18(22(23)24)4-3-17(16)12-20/h3-12,14H,13H2,1-2H3,(H3,23,24)(H,25,26). The average Bonchev–Trinajstić information content (AvgIpc) is 2.66. The fourth-order valence-electron chi connectivity index (χ4n) is 2.78. The normalized spacial score (nSPS) is 10.8. The van der Waals surface area contributed by atoms with Crippen molar-refractivity contribution in [3.05, 3.63) is 71.8 Å². The zero-order valence-electron chi connectivity index (χ0n) is 15.5. The third kappa shape index (κ3) is 4.64. The van der Waals surface area contributed by atoms with E-state index in [9.17, 15) is 4.79 Å². The predicted molar refractivity (Wildman–Crippen MR) is 110 cm³/mol. The fraction of sp³-hybridized carbons (Fsp3) is 0.182. The number of nitrogen functional groups attached to an aromatic ring is 1. The number of amides is 1. The molecule has 1 amide bonds. The molecule has 0 radical (unpaired) electrons. The molecular weight excluding hydrogens is 338 g/mol. The first kappa shape index (κ1) is 18.5. The molecule has 0 unspecified atom stereocenters. The molecule has 0 fully saturated rings. The summed E-state index contributed by atoms with van der Waals surface area (Å²) in [5, 5.41) is 12.3. The maximum Gasteiger partial charge on any atom is 0.262 e. The number of hydrogen-bond donors (Lipinski definition) is 3. The third-order valence-electron chi connectivity index (χ3n) is 4.35. The van der Waals surface area contributed by atoms with E-state index in [2.05, 4.69) is 19.2 Å². The number of hydrogen-bond acceptors (Lipinski definition) is 3. The Morgan fingerprint density at radius 2 is 1.70 bits per heavy atom. The van der Waals surface area contributed by atoms with Crippen LogP contribution in [0.5, 0.6) is 5.75 Å². The second-order valence-electron chi connectivity index (χ2n) is 6.75. The van der Waals surface area contributed by atoms with E-state index in [1.807, 2.05) is 48.5 Å². The van der Waals surface area contributed by atoms with E-state index >= 15 is 0 Å². The van der Waals surface area contributed by atoms with Crippen molar-refractivity contribution in [2.45, 2.75) is 19.8 Å². The summed E-state index contributed by atoms with van der Waals surface area (Å²) in [6.07, 6.45) is 0. The largest absolute Gasteiger partial charge is 0.484 e. The van der Waals surface area contributed by atoms with Gasteiger partial charge in [0.25, 0.3) is 5.91 Å². The van der Waals surface area contributed by atoms with Crippen molar-refractivity contribution < 1.29 is 9.53 Å². The monoisotopic (exact) mass is 361 g/mol. The number of nitrogens with two attached hydrogens (primary N) is 1. The summed E-state index contributed by atoms with van der Waals surface area (Å²) in [7, 11) is 0. The van der Waals surface area contributed by atoms with Gasteiger partial charge in [0.2, 0.25) is 0 Å². The summed E-state index contributed by atoms with van der Waals surface area (Å²) < 4.78 is 5.61. The van der Waals surface area contributed by atoms with E-state index in [1.54, 1.807) is 12.1 Å². The highest BCUT2D eigenvalue weighted by Gasteiger charge is 2.06. The van der Waals surface area contributed by atoms with Gasteiger partial charge in [-0.3, -0.25) is 10.2 Å². The van der Waals surface area contributed by atoms with Gasteiger partial charge in [-0.2, -0.15) is 0 Å². The molecule has 0 aliphatic rings. The van der Waals surface area contributed by atoms with Crippen LogP contribution in [-0.4, -0.2) is 18.3 Å². The quantitative estimate of drug-likeness (QED) is 0.453. The van der Waals surface area contributed by atoms with Crippen molar-refractivity contribution in [1.29, 1.82) is 5.41 Å². The highest BCUT2D eigenvalue weighted by atomic mass is 16.5. The molecule has 0 bridgehead atoms. The van der Waals surface area contributed by atoms with E-state index in [4.69, 9.17) is 15.9 Å². The summed E-state index contributed by atoms with van der Waals surface area (Å²) in [4.78, 5) is 12.1. The number of fused-ring (bicyclic) bond motifs is 1. The van der Waals surface area contributed by atoms with Gasteiger partial charge in [-0.05, 0) is 52.6 Å². The van der Waals surface area contributed by atoms with Crippen LogP contribution in [0.15, 0.2) is 60.7 Å². The molecule has 0 heterocycles. The smallest absolute Gasteiger partial charge is 0.262 e. The minimum absolute atomic E-state index is 0.0373. The molecule has 3 aromatic carbocycles. The van der Waals surface area contributed by atoms with Gasteiger partial charge in [0.15, 0.2) is 6.61 Å². The molecule has 0 atom stereocenters. The molecule has 0 aliphatic carbocycles. The SMILES string of the molecule is CC(C)c1ccc(NC(=O)COc2ccc3cc(C(=N)N)ccc3c2)cc1. The Hall–Kier alpha value is -3.34. The van der Waals surface area contributed by atoms with E-state index in [0.29, 0.717) is 17.2 Å². The lowest BCUT2D eigenvalue weighted by Crippen LogP contribution is -2.20. The van der Waals surface area contributed by atoms with Crippen LogP contribution in [0, 0.1) is 5.41 Å². The molecule has 5 nitrogen and oxygen atoms in total. The maximum atomic E-state index is 12.1. The molecule has 0 spiro atoms. The van der Waals surface area contributed by atoms with Gasteiger partial charge in [-0.25, -0.2) is 0 Å². The zero-order valence-corrected chi connectivity index (χ0v) is 15.5. The number of amidine groups is 1. The molecule has 0 saturated carbocycles. The first-order valence-electron chi connectivity index (χ1n) is 8.83. The Morgan fingerprint density at radius 3 is 2.37 bits per heavy atom. The lowest BCUT2D eigenvalue weighted by Gasteiger charge is -2.10. The highest BCUT2D eigenvalue weighted by molar-refractivity contribution is 5.99. The average molecular weight is 361 g/mol. The zero-order chi connectivity index (χ0) is 19.4. The van der Waals surface area contributed by atoms with Crippen molar-refractivity contribution in [3.63, 3.8) is 0 Å². The van der Waals surface area contributed by atoms with Crippen molar-refractivity contribution in [3.8, 4) is 5.75 Å². The minimum Gasteiger partial charge on any atom is -0.484 e. The lowest BCUT2D eigenvalue weighted by atomic mass is 10.0. The molecule has 4 N–H and O–H groups in total. The van der Waals surface area contributed by atoms with Gasteiger partial charge in [-0.1, -0.05) is 44.2 Å². The Labute approximate surface area is 158 Å². The number of benzene rings is 3. The van der Waals surface area contributed by atoms with Crippen LogP contribution in [-0.2, 0) is 4.79 Å². The molecule has 138 valence electrons. The van der Waals surface area contributed by atoms with E-state index < -0.39 is 0 Å². The summed E-state index contributed by atoms with van der Waals surface area (Å²) >= 11 is 0. The van der Waals surface area contributed by atoms with Gasteiger partial charge >= 0.3 is 0 Å². The molecule has 0 aliphatic heterocycles. The topological polar surface area (TPSA) is 88.2 Å². The Balaban J connectivity index is 1.61. The first-order valence-corrected chi connectivity index (χ1v) is 8.83. The number of rotatable bonds is 6. The predicted octanol–water partition coefficient (Wildman–Crippen LogP) is 4.26. The van der Waals surface area contributed by atoms with Crippen molar-refractivity contribution in [2.24, 2.45) is 5.73 Å². The third-order valence-corrected chi connectivity index (χ3v) is 4.35. The minimum atomic E-state index is -0.209. The van der Waals surface area contributed by atoms with Gasteiger partial charge in [0, 0.05) is 11.3 Å². The van der Waals surface area contributed by atoms with Gasteiger partial charge in [0.1, 0.15) is 11.6 Å². The van der Waals surface area contributed by atoms with Crippen LogP contribution >= 0.6 is 0 Å². The van der Waals surface area contributed by atoms with Crippen molar-refractivity contribution in [1.82, 2.24) is 0 Å². The molecule has 3 rings (SSSR count). The van der Waals surface area contributed by atoms with Gasteiger partial charge < -0.3 is 15.8 Å². The van der Waals surface area contributed by atoms with Gasteiger partial charge in [-0.15, -0.1) is 0 Å². The summed E-state index contributed by atoms with van der Waals surface area (Å²) in [5.41, 5.74) is 8.18. The van der Waals surface area contributed by atoms with Crippen LogP contribution < -0.4 is 15.8 Å². The van der Waals surface area contributed by atoms with Crippen LogP contribution in [0.2, 0.25) is 0 Å². The molecular formula is C22H23N3O2. The molecule has 5 heteroatoms. The second kappa shape index (κ2) is 7.91. The molecule has 0 aromatic heterocycles. The fourth-order valence-corrected chi connectivity index (χ4v) is 2.78. The second-order valence-corrected chi connectivity index (χ2v) is 6.75. The van der Waals surface area contributed by atoms with E-state index in [-0.39, 0.29) is 18.3 Å². The van der Waals surface area contributed by atoms with E-state index in [1.165, 1.54) is 5.56 Å². The van der Waals surface area contributed by atoms with Crippen LogP contribution in [0.3, 0.4) is 0 Å². The van der Waals surface area contributed by atoms with E-state index in [0.717, 1.165) is 16.5 Å². The summed E-state index contributed by atoms with van der Waals surface area (Å²) in [5.74, 6) is 0.899. The number of carbonyl (C=O) groups excluding carboxylic acids is 1. The maximum absolute atomic E-state index is 12.1. The van der Waals surface area contributed by atoms with Crippen LogP contribution in [0.4, 0.5) is 5.69 Å². The van der Waals surface area contributed by atoms with Crippen molar-refractivity contribution in [2.75, 3.05) is 11.9 Å². The Kier molecular flexibility index (Phi) is 5.41. The molecule has 3 aromatic rings. The number of anilines is 1. The van der Waals surface area contributed by atoms with Crippen molar-refractivity contribution >= 4 is 28.2 Å². The Bertz CT molecular complexity index is 979. The van der Waals surface area contributed by atoms with Crippen LogP contribution in [0.25, 0.3) is 10.8 Å².